The van der Waals surface area contributed by atoms with E-state index in [9.17, 15) is 4.11 Å². The fourth-order valence-corrected chi connectivity index (χ4v) is 5.36. The third kappa shape index (κ3) is 3.41. The number of hydrogen-bond acceptors (Lipinski definition) is 1. The molecule has 0 aliphatic rings. The van der Waals surface area contributed by atoms with Gasteiger partial charge in [-0.05, 0) is 49.8 Å². The van der Waals surface area contributed by atoms with Crippen LogP contribution >= 0.6 is 0 Å². The maximum atomic E-state index is 9.21. The molecular formula is C38H24O. The molecular weight excluding hydrogens is 472 g/mol. The van der Waals surface area contributed by atoms with Gasteiger partial charge in [0.15, 0.2) is 0 Å². The second-order valence-electron chi connectivity index (χ2n) is 9.22. The third-order valence-electron chi connectivity index (χ3n) is 7.06. The SMILES string of the molecule is [2H]c1c([2H])c(-c2c3ccccc3c(-c3c([2H])c([2H])c([2H])c4c3oc3c([2H])c([2H])c([2H])c([2H])c34)c3ccccc23)c([2H])c([2H])c1-c1ccccc1. The summed E-state index contributed by atoms with van der Waals surface area (Å²) in [4.78, 5) is 0. The molecule has 0 N–H and O–H groups in total. The van der Waals surface area contributed by atoms with Crippen LogP contribution in [-0.2, 0) is 0 Å². The molecule has 0 bridgehead atoms. The molecule has 0 aliphatic carbocycles. The van der Waals surface area contributed by atoms with Gasteiger partial charge in [-0.1, -0.05) is 139 Å². The van der Waals surface area contributed by atoms with Gasteiger partial charge in [0.1, 0.15) is 11.2 Å². The van der Waals surface area contributed by atoms with E-state index in [2.05, 4.69) is 0 Å². The number of hydrogen-bond donors (Lipinski definition) is 0. The fourth-order valence-electron chi connectivity index (χ4n) is 5.36. The molecule has 1 aromatic heterocycles. The predicted molar refractivity (Wildman–Crippen MR) is 165 cm³/mol. The summed E-state index contributed by atoms with van der Waals surface area (Å²) in [5, 5.41) is 2.12. The highest BCUT2D eigenvalue weighted by Gasteiger charge is 2.19. The largest absolute Gasteiger partial charge is 0.455 e. The van der Waals surface area contributed by atoms with E-state index in [0.29, 0.717) is 38.2 Å². The zero-order chi connectivity index (χ0) is 35.3. The van der Waals surface area contributed by atoms with Crippen molar-refractivity contribution >= 4 is 43.5 Å². The van der Waals surface area contributed by atoms with E-state index in [-0.39, 0.29) is 68.8 Å². The van der Waals surface area contributed by atoms with Crippen molar-refractivity contribution in [3.63, 3.8) is 0 Å². The minimum atomic E-state index is -0.509. The number of benzene rings is 7. The molecule has 8 aromatic rings. The minimum absolute atomic E-state index is 0.00340. The van der Waals surface area contributed by atoms with Crippen LogP contribution in [0.15, 0.2) is 150 Å². The standard InChI is InChI=1S/C38H24O/c1-2-11-25(12-3-1)26-21-23-27(24-22-26)36-29-14-4-6-16-31(29)37(32-17-7-5-15-30(32)36)34-19-10-18-33-28-13-8-9-20-35(28)39-38(33)34/h1-24H/i8D,9D,10D,13D,18D,19D,20D,21D,22D,23D,24D. The molecule has 0 spiro atoms. The quantitative estimate of drug-likeness (QED) is 0.217. The Kier molecular flexibility index (Phi) is 3.04. The van der Waals surface area contributed by atoms with Gasteiger partial charge in [-0.3, -0.25) is 0 Å². The van der Waals surface area contributed by atoms with E-state index < -0.39 is 36.3 Å². The van der Waals surface area contributed by atoms with Gasteiger partial charge in [-0.2, -0.15) is 0 Å². The second kappa shape index (κ2) is 8.72. The highest BCUT2D eigenvalue weighted by atomic mass is 16.3. The molecule has 7 aromatic carbocycles. The van der Waals surface area contributed by atoms with Crippen molar-refractivity contribution in [2.45, 2.75) is 0 Å². The molecule has 0 fully saturated rings. The zero-order valence-corrected chi connectivity index (χ0v) is 20.4. The van der Waals surface area contributed by atoms with Crippen LogP contribution in [0.2, 0.25) is 0 Å². The summed E-state index contributed by atoms with van der Waals surface area (Å²) in [5.74, 6) is 0. The van der Waals surface area contributed by atoms with Crippen LogP contribution in [0.3, 0.4) is 0 Å². The average molecular weight is 508 g/mol. The van der Waals surface area contributed by atoms with Crippen molar-refractivity contribution in [2.24, 2.45) is 0 Å². The molecule has 1 heteroatoms. The Balaban J connectivity index is 1.56. The summed E-state index contributed by atoms with van der Waals surface area (Å²) in [6.07, 6.45) is 0. The summed E-state index contributed by atoms with van der Waals surface area (Å²) in [6.45, 7) is 0. The summed E-state index contributed by atoms with van der Waals surface area (Å²) < 4.78 is 103. The lowest BCUT2D eigenvalue weighted by Gasteiger charge is -2.18. The fraction of sp³-hybridized carbons (Fsp3) is 0. The Morgan fingerprint density at radius 1 is 0.410 bits per heavy atom. The van der Waals surface area contributed by atoms with Gasteiger partial charge in [0.2, 0.25) is 0 Å². The Bertz CT molecular complexity index is 2680. The highest BCUT2D eigenvalue weighted by Crippen LogP contribution is 2.46. The number of para-hydroxylation sites is 2. The van der Waals surface area contributed by atoms with Crippen LogP contribution in [0.4, 0.5) is 0 Å². The van der Waals surface area contributed by atoms with E-state index in [1.54, 1.807) is 72.8 Å². The van der Waals surface area contributed by atoms with Gasteiger partial charge in [0, 0.05) is 21.9 Å². The molecule has 0 amide bonds. The highest BCUT2D eigenvalue weighted by molar-refractivity contribution is 6.24. The normalized spacial score (nSPS) is 15.5. The topological polar surface area (TPSA) is 13.1 Å². The van der Waals surface area contributed by atoms with Crippen molar-refractivity contribution in [1.82, 2.24) is 0 Å². The van der Waals surface area contributed by atoms with Gasteiger partial charge in [-0.25, -0.2) is 0 Å². The van der Waals surface area contributed by atoms with E-state index in [1.807, 2.05) is 6.07 Å². The Morgan fingerprint density at radius 3 is 1.67 bits per heavy atom. The van der Waals surface area contributed by atoms with Gasteiger partial charge in [0.25, 0.3) is 0 Å². The summed E-state index contributed by atoms with van der Waals surface area (Å²) >= 11 is 0. The summed E-state index contributed by atoms with van der Waals surface area (Å²) in [5.41, 5.74) is 1.64. The monoisotopic (exact) mass is 507 g/mol. The Morgan fingerprint density at radius 2 is 0.974 bits per heavy atom. The third-order valence-corrected chi connectivity index (χ3v) is 7.06. The molecule has 0 radical (unpaired) electrons. The zero-order valence-electron chi connectivity index (χ0n) is 31.4. The van der Waals surface area contributed by atoms with Gasteiger partial charge >= 0.3 is 0 Å². The van der Waals surface area contributed by atoms with Gasteiger partial charge < -0.3 is 4.42 Å². The molecule has 1 nitrogen and oxygen atoms in total. The first-order chi connectivity index (χ1) is 24.0. The number of fused-ring (bicyclic) bond motifs is 5. The first kappa shape index (κ1) is 13.6. The second-order valence-corrected chi connectivity index (χ2v) is 9.22. The average Bonchev–Trinajstić information content (AvgIpc) is 3.53. The van der Waals surface area contributed by atoms with Crippen LogP contribution < -0.4 is 0 Å². The van der Waals surface area contributed by atoms with E-state index in [4.69, 9.17) is 15.4 Å². The van der Waals surface area contributed by atoms with Crippen LogP contribution in [0.25, 0.3) is 76.9 Å². The van der Waals surface area contributed by atoms with Crippen LogP contribution in [-0.4, -0.2) is 0 Å². The molecule has 8 rings (SSSR count). The smallest absolute Gasteiger partial charge is 0.143 e. The number of furan rings is 1. The molecule has 39 heavy (non-hydrogen) atoms. The summed E-state index contributed by atoms with van der Waals surface area (Å²) in [6, 6.07) is 19.3. The minimum Gasteiger partial charge on any atom is -0.455 e. The van der Waals surface area contributed by atoms with E-state index in [0.717, 1.165) is 0 Å². The lowest BCUT2D eigenvalue weighted by molar-refractivity contribution is 0.670. The lowest BCUT2D eigenvalue weighted by Crippen LogP contribution is -1.91. The van der Waals surface area contributed by atoms with Crippen molar-refractivity contribution in [3.8, 4) is 33.4 Å². The Hall–Kier alpha value is -5.14. The maximum Gasteiger partial charge on any atom is 0.143 e. The van der Waals surface area contributed by atoms with Crippen LogP contribution in [0.5, 0.6) is 0 Å². The molecule has 182 valence electrons. The first-order valence-electron chi connectivity index (χ1n) is 18.0. The maximum absolute atomic E-state index is 9.21. The lowest BCUT2D eigenvalue weighted by atomic mass is 9.85. The van der Waals surface area contributed by atoms with Crippen LogP contribution in [0, 0.1) is 0 Å². The van der Waals surface area contributed by atoms with E-state index >= 15 is 0 Å². The molecule has 0 aliphatic heterocycles. The van der Waals surface area contributed by atoms with Crippen molar-refractivity contribution < 1.29 is 19.5 Å². The van der Waals surface area contributed by atoms with Gasteiger partial charge in [-0.15, -0.1) is 0 Å². The molecule has 1 heterocycles. The van der Waals surface area contributed by atoms with Crippen LogP contribution in [0.1, 0.15) is 15.1 Å². The van der Waals surface area contributed by atoms with Crippen molar-refractivity contribution in [1.29, 1.82) is 0 Å². The Labute approximate surface area is 242 Å². The van der Waals surface area contributed by atoms with Gasteiger partial charge in [0.05, 0.1) is 15.1 Å². The van der Waals surface area contributed by atoms with E-state index in [1.165, 1.54) is 0 Å². The molecule has 0 atom stereocenters. The first-order valence-corrected chi connectivity index (χ1v) is 12.5. The molecule has 0 saturated carbocycles. The molecule has 0 unspecified atom stereocenters. The number of rotatable bonds is 3. The molecule has 0 saturated heterocycles. The summed E-state index contributed by atoms with van der Waals surface area (Å²) in [7, 11) is 0. The van der Waals surface area contributed by atoms with Crippen molar-refractivity contribution in [2.75, 3.05) is 0 Å². The van der Waals surface area contributed by atoms with Crippen molar-refractivity contribution in [3.05, 3.63) is 145 Å². The predicted octanol–water partition coefficient (Wildman–Crippen LogP) is 10.9.